The fourth-order valence-corrected chi connectivity index (χ4v) is 2.73. The first-order valence-corrected chi connectivity index (χ1v) is 8.63. The number of carbonyl (C=O) groups excluding carboxylic acids is 1. The molecular formula is C19H16Cl2N4O. The molecule has 2 aromatic carbocycles. The third kappa shape index (κ3) is 4.31. The molecule has 0 aliphatic heterocycles. The summed E-state index contributed by atoms with van der Waals surface area (Å²) in [6, 6.07) is 14.4. The molecule has 0 spiro atoms. The van der Waals surface area contributed by atoms with Gasteiger partial charge in [0.1, 0.15) is 5.69 Å². The van der Waals surface area contributed by atoms with E-state index >= 15 is 0 Å². The second-order valence-electron chi connectivity index (χ2n) is 5.77. The summed E-state index contributed by atoms with van der Waals surface area (Å²) in [7, 11) is 0. The van der Waals surface area contributed by atoms with E-state index in [1.165, 1.54) is 0 Å². The van der Waals surface area contributed by atoms with Crippen LogP contribution in [0.25, 0.3) is 0 Å². The second-order valence-corrected chi connectivity index (χ2v) is 6.55. The second kappa shape index (κ2) is 7.72. The number of anilines is 3. The molecule has 0 atom stereocenters. The Hall–Kier alpha value is -2.63. The number of aromatic nitrogens is 2. The molecule has 1 amide bonds. The lowest BCUT2D eigenvalue weighted by Crippen LogP contribution is -2.15. The molecule has 132 valence electrons. The first kappa shape index (κ1) is 18.2. The van der Waals surface area contributed by atoms with Gasteiger partial charge in [-0.25, -0.2) is 9.97 Å². The Labute approximate surface area is 161 Å². The minimum atomic E-state index is -0.396. The summed E-state index contributed by atoms with van der Waals surface area (Å²) >= 11 is 12.1. The minimum absolute atomic E-state index is 0.226. The Bertz CT molecular complexity index is 976. The summed E-state index contributed by atoms with van der Waals surface area (Å²) in [5.74, 6) is -0.0510. The molecule has 1 aromatic heterocycles. The summed E-state index contributed by atoms with van der Waals surface area (Å²) in [5.41, 5.74) is 3.27. The number of rotatable bonds is 4. The van der Waals surface area contributed by atoms with Crippen molar-refractivity contribution < 1.29 is 4.79 Å². The van der Waals surface area contributed by atoms with E-state index in [0.717, 1.165) is 11.3 Å². The van der Waals surface area contributed by atoms with Crippen molar-refractivity contribution in [1.29, 1.82) is 0 Å². The molecule has 0 fully saturated rings. The molecule has 3 rings (SSSR count). The molecule has 3 aromatic rings. The van der Waals surface area contributed by atoms with Crippen LogP contribution in [-0.2, 0) is 0 Å². The van der Waals surface area contributed by atoms with E-state index in [4.69, 9.17) is 23.2 Å². The molecule has 5 nitrogen and oxygen atoms in total. The van der Waals surface area contributed by atoms with Crippen molar-refractivity contribution in [3.05, 3.63) is 75.5 Å². The van der Waals surface area contributed by atoms with Crippen molar-refractivity contribution in [2.45, 2.75) is 13.8 Å². The smallest absolute Gasteiger partial charge is 0.274 e. The standard InChI is InChI=1S/C19H16Cl2N4O/c1-11-5-3-6-13(9-11)23-19-22-12(2)10-16(25-19)18(26)24-15-8-4-7-14(20)17(15)21/h3-10H,1-2H3,(H,24,26)(H,22,23,25). The van der Waals surface area contributed by atoms with E-state index in [1.807, 2.05) is 31.2 Å². The maximum Gasteiger partial charge on any atom is 0.274 e. The van der Waals surface area contributed by atoms with Crippen LogP contribution in [0.5, 0.6) is 0 Å². The lowest BCUT2D eigenvalue weighted by molar-refractivity contribution is 0.102. The predicted octanol–water partition coefficient (Wildman–Crippen LogP) is 5.40. The lowest BCUT2D eigenvalue weighted by Gasteiger charge is -2.10. The Morgan fingerprint density at radius 2 is 1.77 bits per heavy atom. The molecular weight excluding hydrogens is 371 g/mol. The van der Waals surface area contributed by atoms with Crippen LogP contribution >= 0.6 is 23.2 Å². The van der Waals surface area contributed by atoms with Crippen LogP contribution in [0, 0.1) is 13.8 Å². The highest BCUT2D eigenvalue weighted by atomic mass is 35.5. The average molecular weight is 387 g/mol. The third-order valence-electron chi connectivity index (χ3n) is 3.56. The number of halogens is 2. The van der Waals surface area contributed by atoms with Crippen molar-refractivity contribution in [3.63, 3.8) is 0 Å². The number of aryl methyl sites for hydroxylation is 2. The highest BCUT2D eigenvalue weighted by molar-refractivity contribution is 6.44. The maximum atomic E-state index is 12.6. The number of carbonyl (C=O) groups is 1. The summed E-state index contributed by atoms with van der Waals surface area (Å²) in [5, 5.41) is 6.49. The van der Waals surface area contributed by atoms with Gasteiger partial charge in [-0.1, -0.05) is 41.4 Å². The van der Waals surface area contributed by atoms with Crippen LogP contribution < -0.4 is 10.6 Å². The van der Waals surface area contributed by atoms with Crippen LogP contribution in [0.3, 0.4) is 0 Å². The van der Waals surface area contributed by atoms with Crippen molar-refractivity contribution in [3.8, 4) is 0 Å². The predicted molar refractivity (Wildman–Crippen MR) is 106 cm³/mol. The lowest BCUT2D eigenvalue weighted by atomic mass is 10.2. The SMILES string of the molecule is Cc1cccc(Nc2nc(C)cc(C(=O)Nc3cccc(Cl)c3Cl)n2)c1. The Balaban J connectivity index is 1.84. The minimum Gasteiger partial charge on any atom is -0.324 e. The zero-order valence-electron chi connectivity index (χ0n) is 14.2. The summed E-state index contributed by atoms with van der Waals surface area (Å²) in [6.45, 7) is 3.79. The number of amides is 1. The normalized spacial score (nSPS) is 10.5. The molecule has 0 saturated carbocycles. The van der Waals surface area contributed by atoms with Gasteiger partial charge in [0, 0.05) is 11.4 Å². The summed E-state index contributed by atoms with van der Waals surface area (Å²) < 4.78 is 0. The molecule has 1 heterocycles. The van der Waals surface area contributed by atoms with Gasteiger partial charge in [0.25, 0.3) is 5.91 Å². The van der Waals surface area contributed by atoms with E-state index in [0.29, 0.717) is 22.4 Å². The number of benzene rings is 2. The highest BCUT2D eigenvalue weighted by Gasteiger charge is 2.14. The van der Waals surface area contributed by atoms with Gasteiger partial charge in [0.05, 0.1) is 15.7 Å². The van der Waals surface area contributed by atoms with E-state index < -0.39 is 5.91 Å². The number of hydrogen-bond acceptors (Lipinski definition) is 4. The van der Waals surface area contributed by atoms with Gasteiger partial charge < -0.3 is 10.6 Å². The van der Waals surface area contributed by atoms with Crippen molar-refractivity contribution >= 4 is 46.4 Å². The van der Waals surface area contributed by atoms with Crippen LogP contribution in [0.2, 0.25) is 10.0 Å². The molecule has 0 unspecified atom stereocenters. The molecule has 0 saturated heterocycles. The van der Waals surface area contributed by atoms with Crippen molar-refractivity contribution in [2.75, 3.05) is 10.6 Å². The topological polar surface area (TPSA) is 66.9 Å². The highest BCUT2D eigenvalue weighted by Crippen LogP contribution is 2.29. The van der Waals surface area contributed by atoms with Gasteiger partial charge in [0.2, 0.25) is 5.95 Å². The number of hydrogen-bond donors (Lipinski definition) is 2. The Morgan fingerprint density at radius 1 is 1.00 bits per heavy atom. The Kier molecular flexibility index (Phi) is 5.40. The molecule has 26 heavy (non-hydrogen) atoms. The van der Waals surface area contributed by atoms with E-state index in [2.05, 4.69) is 20.6 Å². The molecule has 0 bridgehead atoms. The first-order valence-electron chi connectivity index (χ1n) is 7.87. The molecule has 0 aliphatic rings. The molecule has 2 N–H and O–H groups in total. The fraction of sp³-hybridized carbons (Fsp3) is 0.105. The molecule has 7 heteroatoms. The Morgan fingerprint density at radius 3 is 2.54 bits per heavy atom. The summed E-state index contributed by atoms with van der Waals surface area (Å²) in [4.78, 5) is 21.2. The molecule has 0 radical (unpaired) electrons. The van der Waals surface area contributed by atoms with Crippen LogP contribution in [0.4, 0.5) is 17.3 Å². The number of nitrogens with one attached hydrogen (secondary N) is 2. The van der Waals surface area contributed by atoms with E-state index in [9.17, 15) is 4.79 Å². The number of nitrogens with zero attached hydrogens (tertiary/aromatic N) is 2. The largest absolute Gasteiger partial charge is 0.324 e. The van der Waals surface area contributed by atoms with Crippen LogP contribution in [0.1, 0.15) is 21.7 Å². The van der Waals surface area contributed by atoms with Gasteiger partial charge in [-0.05, 0) is 49.7 Å². The average Bonchev–Trinajstić information content (AvgIpc) is 2.58. The zero-order chi connectivity index (χ0) is 18.7. The van der Waals surface area contributed by atoms with Gasteiger partial charge >= 0.3 is 0 Å². The maximum absolute atomic E-state index is 12.6. The van der Waals surface area contributed by atoms with E-state index in [-0.39, 0.29) is 10.7 Å². The van der Waals surface area contributed by atoms with E-state index in [1.54, 1.807) is 31.2 Å². The van der Waals surface area contributed by atoms with Gasteiger partial charge in [-0.2, -0.15) is 0 Å². The quantitative estimate of drug-likeness (QED) is 0.629. The first-order chi connectivity index (χ1) is 12.4. The fourth-order valence-electron chi connectivity index (χ4n) is 2.38. The zero-order valence-corrected chi connectivity index (χ0v) is 15.7. The monoisotopic (exact) mass is 386 g/mol. The summed E-state index contributed by atoms with van der Waals surface area (Å²) in [6.07, 6.45) is 0. The van der Waals surface area contributed by atoms with Crippen LogP contribution in [-0.4, -0.2) is 15.9 Å². The van der Waals surface area contributed by atoms with Crippen LogP contribution in [0.15, 0.2) is 48.5 Å². The van der Waals surface area contributed by atoms with Gasteiger partial charge in [-0.15, -0.1) is 0 Å². The molecule has 0 aliphatic carbocycles. The van der Waals surface area contributed by atoms with Crippen molar-refractivity contribution in [2.24, 2.45) is 0 Å². The van der Waals surface area contributed by atoms with Gasteiger partial charge in [0.15, 0.2) is 0 Å². The van der Waals surface area contributed by atoms with Gasteiger partial charge in [-0.3, -0.25) is 4.79 Å². The third-order valence-corrected chi connectivity index (χ3v) is 4.38. The van der Waals surface area contributed by atoms with Crippen molar-refractivity contribution in [1.82, 2.24) is 9.97 Å².